The zero-order valence-electron chi connectivity index (χ0n) is 26.7. The Labute approximate surface area is 280 Å². The number of azo groups is 2. The van der Waals surface area contributed by atoms with Crippen LogP contribution in [0.1, 0.15) is 25.7 Å². The van der Waals surface area contributed by atoms with Gasteiger partial charge in [0.05, 0.1) is 49.2 Å². The predicted molar refractivity (Wildman–Crippen MR) is 185 cm³/mol. The number of esters is 2. The SMILES string of the molecule is C=CC(=O)OCCCCOc1ccc(N=Nc2ccc(-c3ccc(N=Nc4ccc(OCCCCOC(=O)C=C)cc4)cc3)cc2)cc1. The average molecular weight is 647 g/mol. The van der Waals surface area contributed by atoms with Crippen LogP contribution in [0, 0.1) is 0 Å². The number of unbranched alkanes of at least 4 members (excludes halogenated alkanes) is 2. The third-order valence-corrected chi connectivity index (χ3v) is 6.74. The lowest BCUT2D eigenvalue weighted by Crippen LogP contribution is -2.04. The van der Waals surface area contributed by atoms with Crippen molar-refractivity contribution in [1.29, 1.82) is 0 Å². The minimum absolute atomic E-state index is 0.352. The summed E-state index contributed by atoms with van der Waals surface area (Å²) >= 11 is 0. The molecule has 0 radical (unpaired) electrons. The lowest BCUT2D eigenvalue weighted by atomic mass is 10.1. The Hall–Kier alpha value is -5.90. The highest BCUT2D eigenvalue weighted by Crippen LogP contribution is 2.28. The highest BCUT2D eigenvalue weighted by molar-refractivity contribution is 5.81. The largest absolute Gasteiger partial charge is 0.494 e. The molecule has 0 aliphatic rings. The highest BCUT2D eigenvalue weighted by Gasteiger charge is 2.02. The Balaban J connectivity index is 1.18. The molecule has 4 aromatic rings. The molecule has 48 heavy (non-hydrogen) atoms. The second-order valence-electron chi connectivity index (χ2n) is 10.3. The van der Waals surface area contributed by atoms with Gasteiger partial charge >= 0.3 is 11.9 Å². The van der Waals surface area contributed by atoms with Crippen LogP contribution in [0.25, 0.3) is 11.1 Å². The molecule has 0 aromatic heterocycles. The first kappa shape index (κ1) is 35.0. The molecule has 0 unspecified atom stereocenters. The number of carbonyl (C=O) groups is 2. The van der Waals surface area contributed by atoms with Gasteiger partial charge in [0.25, 0.3) is 0 Å². The number of ether oxygens (including phenoxy) is 4. The smallest absolute Gasteiger partial charge is 0.330 e. The third-order valence-electron chi connectivity index (χ3n) is 6.74. The van der Waals surface area contributed by atoms with Gasteiger partial charge in [-0.05, 0) is 110 Å². The molecule has 0 saturated heterocycles. The monoisotopic (exact) mass is 646 g/mol. The Morgan fingerprint density at radius 3 is 1.06 bits per heavy atom. The van der Waals surface area contributed by atoms with Crippen molar-refractivity contribution in [2.24, 2.45) is 20.5 Å². The van der Waals surface area contributed by atoms with Gasteiger partial charge in [0.2, 0.25) is 0 Å². The van der Waals surface area contributed by atoms with Crippen molar-refractivity contribution in [3.05, 3.63) is 122 Å². The first-order valence-corrected chi connectivity index (χ1v) is 15.6. The number of benzene rings is 4. The summed E-state index contributed by atoms with van der Waals surface area (Å²) in [5, 5.41) is 17.3. The van der Waals surface area contributed by atoms with E-state index in [1.54, 1.807) is 0 Å². The van der Waals surface area contributed by atoms with Crippen molar-refractivity contribution < 1.29 is 28.5 Å². The fourth-order valence-corrected chi connectivity index (χ4v) is 4.14. The molecule has 0 aliphatic heterocycles. The number of hydrogen-bond donors (Lipinski definition) is 0. The number of carbonyl (C=O) groups excluding carboxylic acids is 2. The van der Waals surface area contributed by atoms with Gasteiger partial charge in [0.15, 0.2) is 0 Å². The van der Waals surface area contributed by atoms with E-state index in [1.807, 2.05) is 97.1 Å². The van der Waals surface area contributed by atoms with Crippen molar-refractivity contribution in [1.82, 2.24) is 0 Å². The molecular formula is C38H38N4O6. The van der Waals surface area contributed by atoms with Crippen LogP contribution in [-0.4, -0.2) is 38.4 Å². The summed E-state index contributed by atoms with van der Waals surface area (Å²) in [6.07, 6.45) is 5.29. The van der Waals surface area contributed by atoms with Crippen LogP contribution in [0.5, 0.6) is 11.5 Å². The van der Waals surface area contributed by atoms with E-state index in [1.165, 1.54) is 0 Å². The molecule has 0 bridgehead atoms. The summed E-state index contributed by atoms with van der Waals surface area (Å²) in [4.78, 5) is 22.1. The third kappa shape index (κ3) is 12.5. The molecule has 246 valence electrons. The zero-order valence-corrected chi connectivity index (χ0v) is 26.7. The van der Waals surface area contributed by atoms with Crippen LogP contribution in [-0.2, 0) is 19.1 Å². The molecule has 4 aromatic carbocycles. The molecule has 0 amide bonds. The molecule has 0 heterocycles. The molecule has 4 rings (SSSR count). The van der Waals surface area contributed by atoms with E-state index in [-0.39, 0.29) is 0 Å². The second kappa shape index (κ2) is 19.6. The van der Waals surface area contributed by atoms with Gasteiger partial charge in [-0.15, -0.1) is 0 Å². The van der Waals surface area contributed by atoms with Gasteiger partial charge in [0, 0.05) is 12.2 Å². The topological polar surface area (TPSA) is 120 Å². The fraction of sp³-hybridized carbons (Fsp3) is 0.211. The van der Waals surface area contributed by atoms with Gasteiger partial charge in [-0.3, -0.25) is 0 Å². The minimum Gasteiger partial charge on any atom is -0.494 e. The van der Waals surface area contributed by atoms with Crippen molar-refractivity contribution in [3.63, 3.8) is 0 Å². The summed E-state index contributed by atoms with van der Waals surface area (Å²) < 4.78 is 21.3. The van der Waals surface area contributed by atoms with Crippen molar-refractivity contribution in [2.45, 2.75) is 25.7 Å². The Bertz CT molecular complexity index is 1540. The minimum atomic E-state index is -0.411. The molecule has 10 heteroatoms. The predicted octanol–water partition coefficient (Wildman–Crippen LogP) is 9.96. The van der Waals surface area contributed by atoms with Gasteiger partial charge < -0.3 is 18.9 Å². The van der Waals surface area contributed by atoms with E-state index in [2.05, 4.69) is 33.6 Å². The molecule has 0 N–H and O–H groups in total. The van der Waals surface area contributed by atoms with Crippen LogP contribution in [0.4, 0.5) is 22.7 Å². The maximum Gasteiger partial charge on any atom is 0.330 e. The van der Waals surface area contributed by atoms with E-state index in [0.717, 1.165) is 71.8 Å². The number of hydrogen-bond acceptors (Lipinski definition) is 10. The van der Waals surface area contributed by atoms with Crippen LogP contribution in [0.15, 0.2) is 143 Å². The lowest BCUT2D eigenvalue weighted by Gasteiger charge is -2.06. The Morgan fingerprint density at radius 1 is 0.458 bits per heavy atom. The number of rotatable bonds is 19. The maximum atomic E-state index is 11.0. The van der Waals surface area contributed by atoms with Gasteiger partial charge in [-0.25, -0.2) is 9.59 Å². The molecular weight excluding hydrogens is 608 g/mol. The van der Waals surface area contributed by atoms with Crippen LogP contribution in [0.3, 0.4) is 0 Å². The van der Waals surface area contributed by atoms with Gasteiger partial charge in [-0.1, -0.05) is 37.4 Å². The second-order valence-corrected chi connectivity index (χ2v) is 10.3. The lowest BCUT2D eigenvalue weighted by molar-refractivity contribution is -0.138. The van der Waals surface area contributed by atoms with E-state index < -0.39 is 11.9 Å². The molecule has 0 spiro atoms. The van der Waals surface area contributed by atoms with Gasteiger partial charge in [-0.2, -0.15) is 20.5 Å². The molecule has 0 aliphatic carbocycles. The highest BCUT2D eigenvalue weighted by atomic mass is 16.5. The maximum absolute atomic E-state index is 11.0. The van der Waals surface area contributed by atoms with E-state index >= 15 is 0 Å². The first-order chi connectivity index (χ1) is 23.5. The van der Waals surface area contributed by atoms with E-state index in [0.29, 0.717) is 37.8 Å². The zero-order chi connectivity index (χ0) is 33.8. The first-order valence-electron chi connectivity index (χ1n) is 15.6. The van der Waals surface area contributed by atoms with Crippen LogP contribution >= 0.6 is 0 Å². The number of nitrogens with zero attached hydrogens (tertiary/aromatic N) is 4. The Kier molecular flexibility index (Phi) is 14.3. The summed E-state index contributed by atoms with van der Waals surface area (Å²) in [7, 11) is 0. The normalized spacial score (nSPS) is 10.9. The van der Waals surface area contributed by atoms with E-state index in [9.17, 15) is 9.59 Å². The summed E-state index contributed by atoms with van der Waals surface area (Å²) in [5.74, 6) is 0.658. The summed E-state index contributed by atoms with van der Waals surface area (Å²) in [5.41, 5.74) is 5.01. The fourth-order valence-electron chi connectivity index (χ4n) is 4.14. The van der Waals surface area contributed by atoms with Gasteiger partial charge in [0.1, 0.15) is 11.5 Å². The van der Waals surface area contributed by atoms with Crippen molar-refractivity contribution in [2.75, 3.05) is 26.4 Å². The molecule has 0 saturated carbocycles. The summed E-state index contributed by atoms with van der Waals surface area (Å²) in [6, 6.07) is 30.5. The van der Waals surface area contributed by atoms with Crippen molar-refractivity contribution >= 4 is 34.7 Å². The molecule has 10 nitrogen and oxygen atoms in total. The molecule has 0 fully saturated rings. The summed E-state index contributed by atoms with van der Waals surface area (Å²) in [6.45, 7) is 8.49. The Morgan fingerprint density at radius 2 is 0.750 bits per heavy atom. The molecule has 0 atom stereocenters. The van der Waals surface area contributed by atoms with Crippen LogP contribution in [0.2, 0.25) is 0 Å². The standard InChI is InChI=1S/C38H38N4O6/c1-3-37(43)47-27-7-5-25-45-35-21-17-33(18-22-35)41-39-31-13-9-29(10-14-31)30-11-15-32(16-12-30)40-42-34-19-23-36(24-20-34)46-26-6-8-28-48-38(44)4-2/h3-4,9-24H,1-2,5-8,25-28H2. The average Bonchev–Trinajstić information content (AvgIpc) is 3.13. The van der Waals surface area contributed by atoms with E-state index in [4.69, 9.17) is 18.9 Å². The van der Waals surface area contributed by atoms with Crippen LogP contribution < -0.4 is 9.47 Å². The van der Waals surface area contributed by atoms with Crippen molar-refractivity contribution in [3.8, 4) is 22.6 Å². The quantitative estimate of drug-likeness (QED) is 0.0433.